The zero-order valence-electron chi connectivity index (χ0n) is 12.1. The van der Waals surface area contributed by atoms with Gasteiger partial charge in [-0.25, -0.2) is 0 Å². The van der Waals surface area contributed by atoms with Gasteiger partial charge in [-0.15, -0.1) is 0 Å². The highest BCUT2D eigenvalue weighted by molar-refractivity contribution is 5.78. The molecule has 3 nitrogen and oxygen atoms in total. The Kier molecular flexibility index (Phi) is 3.51. The molecule has 2 aliphatic carbocycles. The summed E-state index contributed by atoms with van der Waals surface area (Å²) < 4.78 is 5.64. The quantitative estimate of drug-likeness (QED) is 0.855. The molecule has 3 unspecified atom stereocenters. The number of benzene rings is 1. The van der Waals surface area contributed by atoms with Crippen molar-refractivity contribution in [2.45, 2.75) is 32.7 Å². The van der Waals surface area contributed by atoms with E-state index in [1.165, 1.54) is 12.0 Å². The zero-order valence-corrected chi connectivity index (χ0v) is 12.1. The van der Waals surface area contributed by atoms with E-state index < -0.39 is 0 Å². The van der Waals surface area contributed by atoms with Gasteiger partial charge < -0.3 is 10.1 Å². The minimum Gasteiger partial charge on any atom is -0.483 e. The molecule has 1 saturated carbocycles. The Bertz CT molecular complexity index is 550. The van der Waals surface area contributed by atoms with Gasteiger partial charge in [0.2, 0.25) is 0 Å². The summed E-state index contributed by atoms with van der Waals surface area (Å²) in [5.74, 6) is 1.99. The normalized spacial score (nSPS) is 26.8. The monoisotopic (exact) mass is 271 g/mol. The van der Waals surface area contributed by atoms with Crippen LogP contribution in [0.5, 0.6) is 5.75 Å². The summed E-state index contributed by atoms with van der Waals surface area (Å²) in [6, 6.07) is 6.22. The van der Waals surface area contributed by atoms with Gasteiger partial charge in [-0.2, -0.15) is 0 Å². The molecular formula is C17H21NO2. The van der Waals surface area contributed by atoms with Crippen LogP contribution in [0.2, 0.25) is 0 Å². The zero-order chi connectivity index (χ0) is 14.1. The molecule has 0 radical (unpaired) electrons. The lowest BCUT2D eigenvalue weighted by atomic mass is 10.0. The highest BCUT2D eigenvalue weighted by atomic mass is 16.5. The number of hydrogen-bond acceptors (Lipinski definition) is 2. The average molecular weight is 271 g/mol. The summed E-state index contributed by atoms with van der Waals surface area (Å²) in [4.78, 5) is 12.0. The first-order valence-electron chi connectivity index (χ1n) is 7.30. The first-order valence-corrected chi connectivity index (χ1v) is 7.30. The van der Waals surface area contributed by atoms with Gasteiger partial charge in [-0.3, -0.25) is 4.79 Å². The Morgan fingerprint density at radius 2 is 2.15 bits per heavy atom. The van der Waals surface area contributed by atoms with E-state index in [2.05, 4.69) is 17.5 Å². The molecule has 0 heterocycles. The number of allylic oxidation sites excluding steroid dienone is 1. The minimum absolute atomic E-state index is 0.0168. The fourth-order valence-corrected chi connectivity index (χ4v) is 3.22. The van der Waals surface area contributed by atoms with E-state index >= 15 is 0 Å². The molecule has 0 aliphatic heterocycles. The predicted molar refractivity (Wildman–Crippen MR) is 78.7 cm³/mol. The Labute approximate surface area is 120 Å². The number of aryl methyl sites for hydroxylation is 1. The van der Waals surface area contributed by atoms with Crippen molar-refractivity contribution in [1.82, 2.24) is 5.32 Å². The highest BCUT2D eigenvalue weighted by Crippen LogP contribution is 2.38. The standard InChI is InChI=1S/C17H21NO2/c1-11-4-3-5-16(12(11)2)20-10-17(19)18-15-9-13-6-7-14(15)8-13/h3-7,13-15H,8-10H2,1-2H3,(H,18,19). The first kappa shape index (κ1) is 13.2. The molecular weight excluding hydrogens is 250 g/mol. The van der Waals surface area contributed by atoms with Crippen molar-refractivity contribution in [3.8, 4) is 5.75 Å². The third-order valence-corrected chi connectivity index (χ3v) is 4.54. The Morgan fingerprint density at radius 1 is 1.30 bits per heavy atom. The van der Waals surface area contributed by atoms with Gasteiger partial charge in [-0.1, -0.05) is 24.3 Å². The van der Waals surface area contributed by atoms with Crippen LogP contribution in [0.3, 0.4) is 0 Å². The van der Waals surface area contributed by atoms with Crippen LogP contribution in [-0.4, -0.2) is 18.6 Å². The second-order valence-electron chi connectivity index (χ2n) is 5.94. The molecule has 2 aliphatic rings. The fraction of sp³-hybridized carbons (Fsp3) is 0.471. The van der Waals surface area contributed by atoms with Crippen LogP contribution in [0.1, 0.15) is 24.0 Å². The average Bonchev–Trinajstić information content (AvgIpc) is 3.03. The van der Waals surface area contributed by atoms with Crippen molar-refractivity contribution in [2.75, 3.05) is 6.61 Å². The number of nitrogens with one attached hydrogen (secondary N) is 1. The number of rotatable bonds is 4. The summed E-state index contributed by atoms with van der Waals surface area (Å²) in [5, 5.41) is 3.10. The van der Waals surface area contributed by atoms with E-state index in [0.717, 1.165) is 17.7 Å². The van der Waals surface area contributed by atoms with Crippen LogP contribution >= 0.6 is 0 Å². The number of carbonyl (C=O) groups excluding carboxylic acids is 1. The summed E-state index contributed by atoms with van der Waals surface area (Å²) in [6.45, 7) is 4.16. The number of fused-ring (bicyclic) bond motifs is 2. The van der Waals surface area contributed by atoms with Crippen molar-refractivity contribution < 1.29 is 9.53 Å². The van der Waals surface area contributed by atoms with Crippen LogP contribution in [0.4, 0.5) is 0 Å². The molecule has 20 heavy (non-hydrogen) atoms. The van der Waals surface area contributed by atoms with E-state index in [1.54, 1.807) is 0 Å². The first-order chi connectivity index (χ1) is 9.63. The van der Waals surface area contributed by atoms with E-state index in [4.69, 9.17) is 4.74 Å². The molecule has 3 atom stereocenters. The molecule has 0 aromatic heterocycles. The largest absolute Gasteiger partial charge is 0.483 e. The van der Waals surface area contributed by atoms with Crippen molar-refractivity contribution in [3.63, 3.8) is 0 Å². The van der Waals surface area contributed by atoms with Gasteiger partial charge in [-0.05, 0) is 55.7 Å². The van der Waals surface area contributed by atoms with E-state index in [-0.39, 0.29) is 12.5 Å². The highest BCUT2D eigenvalue weighted by Gasteiger charge is 2.36. The van der Waals surface area contributed by atoms with Gasteiger partial charge in [0, 0.05) is 6.04 Å². The van der Waals surface area contributed by atoms with Gasteiger partial charge in [0.15, 0.2) is 6.61 Å². The minimum atomic E-state index is -0.0168. The Morgan fingerprint density at radius 3 is 2.85 bits per heavy atom. The molecule has 1 fully saturated rings. The molecule has 3 rings (SSSR count). The van der Waals surface area contributed by atoms with Crippen molar-refractivity contribution in [1.29, 1.82) is 0 Å². The van der Waals surface area contributed by atoms with Crippen LogP contribution in [0.15, 0.2) is 30.4 Å². The summed E-state index contributed by atoms with van der Waals surface area (Å²) in [7, 11) is 0. The number of amides is 1. The van der Waals surface area contributed by atoms with E-state index in [9.17, 15) is 4.79 Å². The Balaban J connectivity index is 1.52. The van der Waals surface area contributed by atoms with Crippen molar-refractivity contribution >= 4 is 5.91 Å². The molecule has 106 valence electrons. The van der Waals surface area contributed by atoms with E-state index in [0.29, 0.717) is 17.9 Å². The molecule has 1 aromatic rings. The number of hydrogen-bond donors (Lipinski definition) is 1. The number of carbonyl (C=O) groups is 1. The van der Waals surface area contributed by atoms with Crippen molar-refractivity contribution in [2.24, 2.45) is 11.8 Å². The summed E-state index contributed by atoms with van der Waals surface area (Å²) >= 11 is 0. The van der Waals surface area contributed by atoms with Gasteiger partial charge in [0.1, 0.15) is 5.75 Å². The molecule has 2 bridgehead atoms. The topological polar surface area (TPSA) is 38.3 Å². The van der Waals surface area contributed by atoms with Crippen LogP contribution in [0.25, 0.3) is 0 Å². The number of ether oxygens (including phenoxy) is 1. The molecule has 1 N–H and O–H groups in total. The summed E-state index contributed by atoms with van der Waals surface area (Å²) in [6.07, 6.45) is 6.80. The summed E-state index contributed by atoms with van der Waals surface area (Å²) in [5.41, 5.74) is 2.28. The SMILES string of the molecule is Cc1cccc(OCC(=O)NC2CC3C=CC2C3)c1C. The molecule has 0 spiro atoms. The maximum Gasteiger partial charge on any atom is 0.258 e. The third-order valence-electron chi connectivity index (χ3n) is 4.54. The smallest absolute Gasteiger partial charge is 0.258 e. The molecule has 1 aromatic carbocycles. The van der Waals surface area contributed by atoms with E-state index in [1.807, 2.05) is 32.0 Å². The molecule has 0 saturated heterocycles. The fourth-order valence-electron chi connectivity index (χ4n) is 3.22. The third kappa shape index (κ3) is 2.58. The second-order valence-corrected chi connectivity index (χ2v) is 5.94. The van der Waals surface area contributed by atoms with Crippen LogP contribution in [0, 0.1) is 25.7 Å². The maximum absolute atomic E-state index is 12.0. The van der Waals surface area contributed by atoms with Gasteiger partial charge in [0.25, 0.3) is 5.91 Å². The Hall–Kier alpha value is -1.77. The second kappa shape index (κ2) is 5.31. The lowest BCUT2D eigenvalue weighted by Gasteiger charge is -2.20. The van der Waals surface area contributed by atoms with Crippen LogP contribution < -0.4 is 10.1 Å². The molecule has 3 heteroatoms. The van der Waals surface area contributed by atoms with Crippen molar-refractivity contribution in [3.05, 3.63) is 41.5 Å². The molecule has 1 amide bonds. The maximum atomic E-state index is 12.0. The van der Waals surface area contributed by atoms with Crippen LogP contribution in [-0.2, 0) is 4.79 Å². The lowest BCUT2D eigenvalue weighted by molar-refractivity contribution is -0.124. The lowest BCUT2D eigenvalue weighted by Crippen LogP contribution is -2.40. The predicted octanol–water partition coefficient (Wildman–Crippen LogP) is 2.76. The van der Waals surface area contributed by atoms with Gasteiger partial charge in [0.05, 0.1) is 0 Å². The van der Waals surface area contributed by atoms with Gasteiger partial charge >= 0.3 is 0 Å².